The number of carboxylic acids is 1. The molecule has 2 atom stereocenters. The number of hydrogen-bond acceptors (Lipinski definition) is 2. The van der Waals surface area contributed by atoms with E-state index < -0.39 is 5.97 Å². The summed E-state index contributed by atoms with van der Waals surface area (Å²) >= 11 is 0. The van der Waals surface area contributed by atoms with Crippen molar-refractivity contribution in [3.63, 3.8) is 0 Å². The third-order valence-electron chi connectivity index (χ3n) is 2.83. The number of rotatable bonds is 2. The van der Waals surface area contributed by atoms with Gasteiger partial charge in [-0.25, -0.2) is 0 Å². The summed E-state index contributed by atoms with van der Waals surface area (Å²) in [6, 6.07) is 0. The second-order valence-electron chi connectivity index (χ2n) is 3.54. The van der Waals surface area contributed by atoms with Crippen molar-refractivity contribution >= 4 is 5.97 Å². The molecule has 1 aliphatic heterocycles. The highest BCUT2D eigenvalue weighted by molar-refractivity contribution is 5.67. The highest BCUT2D eigenvalue weighted by Gasteiger charge is 2.54. The van der Waals surface area contributed by atoms with Gasteiger partial charge in [-0.05, 0) is 12.8 Å². The molecule has 0 aromatic heterocycles. The first-order valence-corrected chi connectivity index (χ1v) is 4.09. The normalized spacial score (nSPS) is 41.3. The van der Waals surface area contributed by atoms with Crippen molar-refractivity contribution in [2.75, 3.05) is 6.61 Å². The van der Waals surface area contributed by atoms with Gasteiger partial charge in [0.25, 0.3) is 0 Å². The van der Waals surface area contributed by atoms with Crippen LogP contribution in [-0.4, -0.2) is 23.3 Å². The Morgan fingerprint density at radius 1 is 1.73 bits per heavy atom. The number of epoxide rings is 1. The summed E-state index contributed by atoms with van der Waals surface area (Å²) in [5.41, 5.74) is 0.0123. The first-order valence-electron chi connectivity index (χ1n) is 4.09. The van der Waals surface area contributed by atoms with Gasteiger partial charge >= 0.3 is 5.97 Å². The molecule has 0 bridgehead atoms. The Morgan fingerprint density at radius 3 is 3.00 bits per heavy atom. The number of carboxylic acid groups (broad SMARTS) is 1. The van der Waals surface area contributed by atoms with Crippen molar-refractivity contribution in [2.24, 2.45) is 5.92 Å². The highest BCUT2D eigenvalue weighted by atomic mass is 16.6. The molecule has 2 aliphatic rings. The van der Waals surface area contributed by atoms with Crippen LogP contribution in [0, 0.1) is 5.92 Å². The van der Waals surface area contributed by atoms with Crippen molar-refractivity contribution < 1.29 is 14.6 Å². The fourth-order valence-electron chi connectivity index (χ4n) is 2.09. The molecule has 11 heavy (non-hydrogen) atoms. The quantitative estimate of drug-likeness (QED) is 0.607. The van der Waals surface area contributed by atoms with Crippen LogP contribution in [-0.2, 0) is 9.53 Å². The predicted molar refractivity (Wildman–Crippen MR) is 38.3 cm³/mol. The van der Waals surface area contributed by atoms with E-state index in [0.29, 0.717) is 12.3 Å². The maximum atomic E-state index is 10.4. The number of carbonyl (C=O) groups is 1. The Hall–Kier alpha value is -0.570. The monoisotopic (exact) mass is 156 g/mol. The molecule has 0 aromatic rings. The third kappa shape index (κ3) is 1.13. The molecular formula is C8H12O3. The van der Waals surface area contributed by atoms with E-state index in [9.17, 15) is 4.79 Å². The van der Waals surface area contributed by atoms with Crippen LogP contribution in [0.25, 0.3) is 0 Å². The van der Waals surface area contributed by atoms with Gasteiger partial charge in [0, 0.05) is 5.92 Å². The van der Waals surface area contributed by atoms with Crippen LogP contribution in [0.1, 0.15) is 25.7 Å². The Labute approximate surface area is 65.4 Å². The SMILES string of the molecule is O=C(O)CC1CCCC12CO2. The van der Waals surface area contributed by atoms with E-state index in [2.05, 4.69) is 0 Å². The van der Waals surface area contributed by atoms with Gasteiger partial charge in [-0.1, -0.05) is 6.42 Å². The van der Waals surface area contributed by atoms with Gasteiger partial charge in [-0.3, -0.25) is 4.79 Å². The topological polar surface area (TPSA) is 49.8 Å². The van der Waals surface area contributed by atoms with Gasteiger partial charge < -0.3 is 9.84 Å². The molecule has 1 N–H and O–H groups in total. The Kier molecular flexibility index (Phi) is 1.42. The van der Waals surface area contributed by atoms with Crippen molar-refractivity contribution in [3.05, 3.63) is 0 Å². The molecular weight excluding hydrogens is 144 g/mol. The smallest absolute Gasteiger partial charge is 0.303 e. The zero-order valence-corrected chi connectivity index (χ0v) is 6.38. The molecule has 2 fully saturated rings. The minimum absolute atomic E-state index is 0.0123. The summed E-state index contributed by atoms with van der Waals surface area (Å²) in [6.45, 7) is 0.797. The fraction of sp³-hybridized carbons (Fsp3) is 0.875. The summed E-state index contributed by atoms with van der Waals surface area (Å²) in [5, 5.41) is 8.58. The molecule has 2 rings (SSSR count). The standard InChI is InChI=1S/C8H12O3/c9-7(10)4-6-2-1-3-8(6)5-11-8/h6H,1-5H2,(H,9,10). The summed E-state index contributed by atoms with van der Waals surface area (Å²) in [5.74, 6) is -0.397. The molecule has 1 saturated carbocycles. The van der Waals surface area contributed by atoms with Crippen LogP contribution < -0.4 is 0 Å². The molecule has 2 unspecified atom stereocenters. The van der Waals surface area contributed by atoms with Crippen LogP contribution in [0.4, 0.5) is 0 Å². The lowest BCUT2D eigenvalue weighted by atomic mass is 9.94. The second-order valence-corrected chi connectivity index (χ2v) is 3.54. The zero-order chi connectivity index (χ0) is 7.90. The second kappa shape index (κ2) is 2.21. The van der Waals surface area contributed by atoms with Gasteiger partial charge in [0.1, 0.15) is 0 Å². The van der Waals surface area contributed by atoms with Crippen LogP contribution in [0.3, 0.4) is 0 Å². The van der Waals surface area contributed by atoms with Gasteiger partial charge in [0.15, 0.2) is 0 Å². The Balaban J connectivity index is 1.97. The van der Waals surface area contributed by atoms with E-state index in [4.69, 9.17) is 9.84 Å². The average Bonchev–Trinajstić information content (AvgIpc) is 2.56. The van der Waals surface area contributed by atoms with E-state index in [-0.39, 0.29) is 5.60 Å². The summed E-state index contributed by atoms with van der Waals surface area (Å²) in [7, 11) is 0. The minimum Gasteiger partial charge on any atom is -0.481 e. The first kappa shape index (κ1) is 7.10. The summed E-state index contributed by atoms with van der Waals surface area (Å²) in [6.07, 6.45) is 3.54. The maximum absolute atomic E-state index is 10.4. The average molecular weight is 156 g/mol. The molecule has 1 saturated heterocycles. The van der Waals surface area contributed by atoms with Crippen molar-refractivity contribution in [2.45, 2.75) is 31.3 Å². The summed E-state index contributed by atoms with van der Waals surface area (Å²) in [4.78, 5) is 10.4. The lowest BCUT2D eigenvalue weighted by Crippen LogP contribution is -2.20. The van der Waals surface area contributed by atoms with E-state index in [1.165, 1.54) is 0 Å². The molecule has 62 valence electrons. The largest absolute Gasteiger partial charge is 0.481 e. The van der Waals surface area contributed by atoms with E-state index >= 15 is 0 Å². The van der Waals surface area contributed by atoms with Crippen molar-refractivity contribution in [1.82, 2.24) is 0 Å². The lowest BCUT2D eigenvalue weighted by molar-refractivity contribution is -0.138. The number of aliphatic carboxylic acids is 1. The lowest BCUT2D eigenvalue weighted by Gasteiger charge is -2.11. The van der Waals surface area contributed by atoms with E-state index in [1.54, 1.807) is 0 Å². The molecule has 3 nitrogen and oxygen atoms in total. The molecule has 0 amide bonds. The Bertz CT molecular complexity index is 184. The predicted octanol–water partition coefficient (Wildman–Crippen LogP) is 1.03. The van der Waals surface area contributed by atoms with Crippen LogP contribution in [0.5, 0.6) is 0 Å². The van der Waals surface area contributed by atoms with Gasteiger partial charge in [0.2, 0.25) is 0 Å². The molecule has 1 heterocycles. The first-order chi connectivity index (χ1) is 5.23. The van der Waals surface area contributed by atoms with Gasteiger partial charge in [-0.2, -0.15) is 0 Å². The van der Waals surface area contributed by atoms with Crippen molar-refractivity contribution in [3.8, 4) is 0 Å². The number of ether oxygens (including phenoxy) is 1. The number of hydrogen-bond donors (Lipinski definition) is 1. The van der Waals surface area contributed by atoms with Crippen LogP contribution >= 0.6 is 0 Å². The van der Waals surface area contributed by atoms with E-state index in [1.807, 2.05) is 0 Å². The van der Waals surface area contributed by atoms with Crippen LogP contribution in [0.15, 0.2) is 0 Å². The van der Waals surface area contributed by atoms with Gasteiger partial charge in [-0.15, -0.1) is 0 Å². The molecule has 1 aliphatic carbocycles. The third-order valence-corrected chi connectivity index (χ3v) is 2.83. The zero-order valence-electron chi connectivity index (χ0n) is 6.38. The van der Waals surface area contributed by atoms with Crippen LogP contribution in [0.2, 0.25) is 0 Å². The maximum Gasteiger partial charge on any atom is 0.303 e. The molecule has 3 heteroatoms. The fourth-order valence-corrected chi connectivity index (χ4v) is 2.09. The minimum atomic E-state index is -0.688. The highest BCUT2D eigenvalue weighted by Crippen LogP contribution is 2.49. The molecule has 1 spiro atoms. The van der Waals surface area contributed by atoms with Crippen molar-refractivity contribution in [1.29, 1.82) is 0 Å². The van der Waals surface area contributed by atoms with Gasteiger partial charge in [0.05, 0.1) is 18.6 Å². The van der Waals surface area contributed by atoms with E-state index in [0.717, 1.165) is 25.9 Å². The summed E-state index contributed by atoms with van der Waals surface area (Å²) < 4.78 is 5.31. The molecule has 0 aromatic carbocycles. The molecule has 0 radical (unpaired) electrons. The Morgan fingerprint density at radius 2 is 2.45 bits per heavy atom.